The van der Waals surface area contributed by atoms with E-state index in [4.69, 9.17) is 0 Å². The van der Waals surface area contributed by atoms with E-state index in [1.165, 1.54) is 11.3 Å². The topological polar surface area (TPSA) is 35.5 Å². The minimum atomic E-state index is -0.580. The maximum Gasteiger partial charge on any atom is 0.0794 e. The van der Waals surface area contributed by atoms with Crippen molar-refractivity contribution in [2.75, 3.05) is 24.5 Å². The predicted molar refractivity (Wildman–Crippen MR) is 92.8 cm³/mol. The molecule has 1 saturated heterocycles. The lowest BCUT2D eigenvalue weighted by molar-refractivity contribution is 0.0449. The summed E-state index contributed by atoms with van der Waals surface area (Å²) in [5.41, 5.74) is 1.96. The maximum atomic E-state index is 10.3. The Morgan fingerprint density at radius 1 is 1.43 bits per heavy atom. The lowest BCUT2D eigenvalue weighted by atomic mass is 9.94. The van der Waals surface area contributed by atoms with Crippen LogP contribution in [0.15, 0.2) is 22.7 Å². The molecule has 1 aromatic rings. The zero-order valence-electron chi connectivity index (χ0n) is 13.3. The van der Waals surface area contributed by atoms with Gasteiger partial charge in [-0.3, -0.25) is 0 Å². The normalized spacial score (nSPS) is 22.9. The summed E-state index contributed by atoms with van der Waals surface area (Å²) >= 11 is 3.57. The van der Waals surface area contributed by atoms with Crippen LogP contribution in [-0.4, -0.2) is 30.3 Å². The third-order valence-corrected chi connectivity index (χ3v) is 4.42. The first-order chi connectivity index (χ1) is 9.87. The zero-order valence-corrected chi connectivity index (χ0v) is 14.9. The Balaban J connectivity index is 2.14. The van der Waals surface area contributed by atoms with Gasteiger partial charge in [-0.2, -0.15) is 0 Å². The Morgan fingerprint density at radius 3 is 2.86 bits per heavy atom. The number of hydrogen-bond donors (Lipinski definition) is 2. The molecule has 0 spiro atoms. The van der Waals surface area contributed by atoms with E-state index >= 15 is 0 Å². The highest BCUT2D eigenvalue weighted by Crippen LogP contribution is 2.30. The molecule has 3 nitrogen and oxygen atoms in total. The summed E-state index contributed by atoms with van der Waals surface area (Å²) in [5, 5.41) is 13.9. The number of nitrogens with one attached hydrogen (secondary N) is 1. The van der Waals surface area contributed by atoms with Crippen molar-refractivity contribution >= 4 is 21.6 Å². The van der Waals surface area contributed by atoms with Crippen LogP contribution in [0.3, 0.4) is 0 Å². The standard InChI is InChI=1S/C17H27BrN2O/c1-13(2)10-19-11-14-5-6-15(18)9-16(14)20-8-4-7-17(3,21)12-20/h5-6,9,13,19,21H,4,7-8,10-12H2,1-3H3. The predicted octanol–water partition coefficient (Wildman–Crippen LogP) is 3.55. The van der Waals surface area contributed by atoms with Crippen molar-refractivity contribution in [1.82, 2.24) is 5.32 Å². The summed E-state index contributed by atoms with van der Waals surface area (Å²) in [7, 11) is 0. The molecule has 2 rings (SSSR count). The number of piperidine rings is 1. The van der Waals surface area contributed by atoms with Gasteiger partial charge in [-0.05, 0) is 49.9 Å². The Hall–Kier alpha value is -0.580. The average molecular weight is 355 g/mol. The highest BCUT2D eigenvalue weighted by Gasteiger charge is 2.29. The Kier molecular flexibility index (Phi) is 5.69. The molecule has 0 saturated carbocycles. The number of hydrogen-bond acceptors (Lipinski definition) is 3. The van der Waals surface area contributed by atoms with Crippen molar-refractivity contribution < 1.29 is 5.11 Å². The van der Waals surface area contributed by atoms with Crippen molar-refractivity contribution in [3.05, 3.63) is 28.2 Å². The summed E-state index contributed by atoms with van der Waals surface area (Å²) in [6.07, 6.45) is 1.93. The first-order valence-corrected chi connectivity index (χ1v) is 8.63. The van der Waals surface area contributed by atoms with Gasteiger partial charge in [-0.25, -0.2) is 0 Å². The smallest absolute Gasteiger partial charge is 0.0794 e. The molecular weight excluding hydrogens is 328 g/mol. The Morgan fingerprint density at radius 2 is 2.19 bits per heavy atom. The van der Waals surface area contributed by atoms with Crippen LogP contribution >= 0.6 is 15.9 Å². The van der Waals surface area contributed by atoms with E-state index in [0.29, 0.717) is 12.5 Å². The Labute approximate surface area is 136 Å². The summed E-state index contributed by atoms with van der Waals surface area (Å²) in [4.78, 5) is 2.32. The van der Waals surface area contributed by atoms with Gasteiger partial charge in [0.2, 0.25) is 0 Å². The molecule has 1 unspecified atom stereocenters. The summed E-state index contributed by atoms with van der Waals surface area (Å²) < 4.78 is 1.09. The molecule has 1 fully saturated rings. The molecule has 0 aliphatic carbocycles. The van der Waals surface area contributed by atoms with E-state index in [-0.39, 0.29) is 0 Å². The van der Waals surface area contributed by atoms with E-state index in [0.717, 1.165) is 36.9 Å². The van der Waals surface area contributed by atoms with Gasteiger partial charge in [0.1, 0.15) is 0 Å². The van der Waals surface area contributed by atoms with Crippen molar-refractivity contribution in [3.8, 4) is 0 Å². The maximum absolute atomic E-state index is 10.3. The first-order valence-electron chi connectivity index (χ1n) is 7.84. The number of aliphatic hydroxyl groups is 1. The molecule has 1 atom stereocenters. The van der Waals surface area contributed by atoms with Gasteiger partial charge in [-0.15, -0.1) is 0 Å². The van der Waals surface area contributed by atoms with Crippen LogP contribution in [0.25, 0.3) is 0 Å². The van der Waals surface area contributed by atoms with E-state index in [9.17, 15) is 5.11 Å². The van der Waals surface area contributed by atoms with E-state index < -0.39 is 5.60 Å². The van der Waals surface area contributed by atoms with Crippen molar-refractivity contribution in [1.29, 1.82) is 0 Å². The quantitative estimate of drug-likeness (QED) is 0.848. The van der Waals surface area contributed by atoms with Crippen molar-refractivity contribution in [2.24, 2.45) is 5.92 Å². The molecular formula is C17H27BrN2O. The number of halogens is 1. The van der Waals surface area contributed by atoms with Crippen molar-refractivity contribution in [2.45, 2.75) is 45.8 Å². The third-order valence-electron chi connectivity index (χ3n) is 3.93. The zero-order chi connectivity index (χ0) is 15.5. The fraction of sp³-hybridized carbons (Fsp3) is 0.647. The van der Waals surface area contributed by atoms with Crippen LogP contribution < -0.4 is 10.2 Å². The lowest BCUT2D eigenvalue weighted by Gasteiger charge is -2.39. The van der Waals surface area contributed by atoms with Gasteiger partial charge in [0.05, 0.1) is 5.60 Å². The summed E-state index contributed by atoms with van der Waals surface area (Å²) in [5.74, 6) is 0.652. The number of nitrogens with zero attached hydrogens (tertiary/aromatic N) is 1. The number of benzene rings is 1. The molecule has 118 valence electrons. The molecule has 1 aliphatic heterocycles. The SMILES string of the molecule is CC(C)CNCc1ccc(Br)cc1N1CCCC(C)(O)C1. The molecule has 21 heavy (non-hydrogen) atoms. The molecule has 4 heteroatoms. The van der Waals surface area contributed by atoms with Gasteiger partial charge < -0.3 is 15.3 Å². The third kappa shape index (κ3) is 4.97. The highest BCUT2D eigenvalue weighted by molar-refractivity contribution is 9.10. The second-order valence-electron chi connectivity index (χ2n) is 6.82. The van der Waals surface area contributed by atoms with Gasteiger partial charge in [0.15, 0.2) is 0 Å². The number of β-amino-alcohol motifs (C(OH)–C–C–N with tert-alkyl or cyclic N) is 1. The molecule has 1 heterocycles. The van der Waals surface area contributed by atoms with E-state index in [1.54, 1.807) is 0 Å². The van der Waals surface area contributed by atoms with Crippen LogP contribution in [0.2, 0.25) is 0 Å². The summed E-state index contributed by atoms with van der Waals surface area (Å²) in [6, 6.07) is 6.45. The second-order valence-corrected chi connectivity index (χ2v) is 7.74. The molecule has 1 aliphatic rings. The Bertz CT molecular complexity index is 474. The molecule has 0 amide bonds. The second kappa shape index (κ2) is 7.12. The van der Waals surface area contributed by atoms with E-state index in [2.05, 4.69) is 58.2 Å². The van der Waals surface area contributed by atoms with Crippen LogP contribution in [0.1, 0.15) is 39.2 Å². The monoisotopic (exact) mass is 354 g/mol. The molecule has 0 bridgehead atoms. The van der Waals surface area contributed by atoms with Gasteiger partial charge in [0.25, 0.3) is 0 Å². The fourth-order valence-corrected chi connectivity index (χ4v) is 3.25. The molecule has 2 N–H and O–H groups in total. The molecule has 0 radical (unpaired) electrons. The highest BCUT2D eigenvalue weighted by atomic mass is 79.9. The van der Waals surface area contributed by atoms with Crippen LogP contribution in [0, 0.1) is 5.92 Å². The van der Waals surface area contributed by atoms with E-state index in [1.807, 2.05) is 6.92 Å². The summed E-state index contributed by atoms with van der Waals surface area (Å²) in [6.45, 7) is 10.00. The van der Waals surface area contributed by atoms with Gasteiger partial charge in [-0.1, -0.05) is 35.8 Å². The minimum Gasteiger partial charge on any atom is -0.388 e. The van der Waals surface area contributed by atoms with Crippen molar-refractivity contribution in [3.63, 3.8) is 0 Å². The largest absolute Gasteiger partial charge is 0.388 e. The van der Waals surface area contributed by atoms with Crippen LogP contribution in [0.4, 0.5) is 5.69 Å². The minimum absolute atomic E-state index is 0.580. The number of rotatable bonds is 5. The number of anilines is 1. The van der Waals surface area contributed by atoms with Gasteiger partial charge >= 0.3 is 0 Å². The average Bonchev–Trinajstić information content (AvgIpc) is 2.39. The fourth-order valence-electron chi connectivity index (χ4n) is 2.90. The van der Waals surface area contributed by atoms with Crippen LogP contribution in [0.5, 0.6) is 0 Å². The van der Waals surface area contributed by atoms with Gasteiger partial charge in [0, 0.05) is 29.8 Å². The molecule has 1 aromatic carbocycles. The van der Waals surface area contributed by atoms with Crippen LogP contribution in [-0.2, 0) is 6.54 Å². The lowest BCUT2D eigenvalue weighted by Crippen LogP contribution is -2.46. The first kappa shape index (κ1) is 16.8. The molecule has 0 aromatic heterocycles.